The normalized spacial score (nSPS) is 11.6. The molecule has 0 aromatic carbocycles. The molecule has 0 spiro atoms. The molecule has 0 aromatic heterocycles. The molecule has 0 atom stereocenters. The summed E-state index contributed by atoms with van der Waals surface area (Å²) in [5.74, 6) is 0. The van der Waals surface area contributed by atoms with Crippen molar-refractivity contribution in [2.75, 3.05) is 79.3 Å². The lowest BCUT2D eigenvalue weighted by Crippen LogP contribution is -2.14. The standard InChI is InChI=1S/C34H70O6/c1-3-5-7-9-11-12-13-14-15-16-17-18-20-22-24-36-26-28-38-30-32-40-34-33-39-31-29-37-27-25-35-23-21-19-10-8-6-4-2/h3-34H2,1-2H3. The Balaban J connectivity index is 3.01. The summed E-state index contributed by atoms with van der Waals surface area (Å²) in [7, 11) is 0. The van der Waals surface area contributed by atoms with E-state index in [0.717, 1.165) is 19.6 Å². The molecule has 0 heterocycles. The van der Waals surface area contributed by atoms with E-state index in [1.165, 1.54) is 122 Å². The molecule has 0 rings (SSSR count). The fourth-order valence-corrected chi connectivity index (χ4v) is 4.58. The highest BCUT2D eigenvalue weighted by atomic mass is 16.6. The highest BCUT2D eigenvalue weighted by molar-refractivity contribution is 4.49. The number of rotatable bonds is 37. The van der Waals surface area contributed by atoms with Crippen molar-refractivity contribution in [1.29, 1.82) is 0 Å². The van der Waals surface area contributed by atoms with Gasteiger partial charge in [0.05, 0.1) is 66.1 Å². The van der Waals surface area contributed by atoms with Crippen molar-refractivity contribution >= 4 is 0 Å². The zero-order valence-electron chi connectivity index (χ0n) is 27.1. The minimum absolute atomic E-state index is 0.584. The van der Waals surface area contributed by atoms with E-state index < -0.39 is 0 Å². The molecular formula is C34H70O6. The highest BCUT2D eigenvalue weighted by Gasteiger charge is 1.97. The first-order valence-electron chi connectivity index (χ1n) is 17.4. The Morgan fingerprint density at radius 2 is 0.375 bits per heavy atom. The largest absolute Gasteiger partial charge is 0.379 e. The van der Waals surface area contributed by atoms with Crippen LogP contribution in [-0.2, 0) is 28.4 Å². The molecule has 0 aliphatic rings. The molecule has 242 valence electrons. The average Bonchev–Trinajstić information content (AvgIpc) is 2.97. The summed E-state index contributed by atoms with van der Waals surface area (Å²) in [6.45, 7) is 12.4. The minimum Gasteiger partial charge on any atom is -0.379 e. The topological polar surface area (TPSA) is 55.4 Å². The Morgan fingerprint density at radius 1 is 0.200 bits per heavy atom. The van der Waals surface area contributed by atoms with Crippen molar-refractivity contribution in [1.82, 2.24) is 0 Å². The summed E-state index contributed by atoms with van der Waals surface area (Å²) >= 11 is 0. The third kappa shape index (κ3) is 37.8. The molecule has 0 saturated heterocycles. The number of unbranched alkanes of at least 4 members (excludes halogenated alkanes) is 18. The van der Waals surface area contributed by atoms with Crippen LogP contribution in [0.5, 0.6) is 0 Å². The third-order valence-corrected chi connectivity index (χ3v) is 7.14. The van der Waals surface area contributed by atoms with Gasteiger partial charge in [0.2, 0.25) is 0 Å². The average molecular weight is 575 g/mol. The van der Waals surface area contributed by atoms with Crippen LogP contribution < -0.4 is 0 Å². The summed E-state index contributed by atoms with van der Waals surface area (Å²) in [5, 5.41) is 0. The third-order valence-electron chi connectivity index (χ3n) is 7.14. The van der Waals surface area contributed by atoms with E-state index in [4.69, 9.17) is 28.4 Å². The van der Waals surface area contributed by atoms with Crippen molar-refractivity contribution in [2.24, 2.45) is 0 Å². The molecule has 0 fully saturated rings. The van der Waals surface area contributed by atoms with Gasteiger partial charge in [-0.05, 0) is 12.8 Å². The molecule has 6 nitrogen and oxygen atoms in total. The Bertz CT molecular complexity index is 385. The summed E-state index contributed by atoms with van der Waals surface area (Å²) in [6.07, 6.45) is 27.2. The predicted octanol–water partition coefficient (Wildman–Crippen LogP) is 8.93. The predicted molar refractivity (Wildman–Crippen MR) is 169 cm³/mol. The van der Waals surface area contributed by atoms with Gasteiger partial charge in [0, 0.05) is 13.2 Å². The molecule has 0 amide bonds. The van der Waals surface area contributed by atoms with E-state index in [2.05, 4.69) is 13.8 Å². The summed E-state index contributed by atoms with van der Waals surface area (Å²) in [5.41, 5.74) is 0. The van der Waals surface area contributed by atoms with Crippen molar-refractivity contribution in [2.45, 2.75) is 142 Å². The molecule has 0 aliphatic heterocycles. The van der Waals surface area contributed by atoms with E-state index in [9.17, 15) is 0 Å². The van der Waals surface area contributed by atoms with Crippen molar-refractivity contribution in [3.8, 4) is 0 Å². The van der Waals surface area contributed by atoms with Crippen LogP contribution >= 0.6 is 0 Å². The molecule has 40 heavy (non-hydrogen) atoms. The SMILES string of the molecule is CCCCCCCCCCCCCCCCOCCOCCOCCOCCOCCOCCCCCCCC. The van der Waals surface area contributed by atoms with Crippen molar-refractivity contribution in [3.63, 3.8) is 0 Å². The molecule has 0 N–H and O–H groups in total. The Hall–Kier alpha value is -0.240. The zero-order valence-corrected chi connectivity index (χ0v) is 27.1. The van der Waals surface area contributed by atoms with Crippen LogP contribution in [0, 0.1) is 0 Å². The summed E-state index contributed by atoms with van der Waals surface area (Å²) < 4.78 is 33.4. The minimum atomic E-state index is 0.584. The van der Waals surface area contributed by atoms with Gasteiger partial charge in [0.25, 0.3) is 0 Å². The second kappa shape index (κ2) is 38.8. The van der Waals surface area contributed by atoms with Crippen LogP contribution in [0.3, 0.4) is 0 Å². The first-order chi connectivity index (χ1) is 19.9. The van der Waals surface area contributed by atoms with E-state index in [1.54, 1.807) is 0 Å². The van der Waals surface area contributed by atoms with Crippen LogP contribution in [0.2, 0.25) is 0 Å². The maximum Gasteiger partial charge on any atom is 0.0701 e. The molecular weight excluding hydrogens is 504 g/mol. The summed E-state index contributed by atoms with van der Waals surface area (Å²) in [4.78, 5) is 0. The van der Waals surface area contributed by atoms with E-state index in [1.807, 2.05) is 0 Å². The number of ether oxygens (including phenoxy) is 6. The molecule has 0 saturated carbocycles. The first kappa shape index (κ1) is 39.8. The quantitative estimate of drug-likeness (QED) is 0.0691. The second-order valence-electron chi connectivity index (χ2n) is 11.0. The van der Waals surface area contributed by atoms with Crippen LogP contribution in [-0.4, -0.2) is 79.3 Å². The molecule has 0 aromatic rings. The van der Waals surface area contributed by atoms with Gasteiger partial charge < -0.3 is 28.4 Å². The number of hydrogen-bond donors (Lipinski definition) is 0. The van der Waals surface area contributed by atoms with Gasteiger partial charge in [-0.1, -0.05) is 129 Å². The van der Waals surface area contributed by atoms with E-state index in [0.29, 0.717) is 66.1 Å². The van der Waals surface area contributed by atoms with E-state index in [-0.39, 0.29) is 0 Å². The Morgan fingerprint density at radius 3 is 0.600 bits per heavy atom. The highest BCUT2D eigenvalue weighted by Crippen LogP contribution is 2.13. The lowest BCUT2D eigenvalue weighted by molar-refractivity contribution is -0.0169. The summed E-state index contributed by atoms with van der Waals surface area (Å²) in [6, 6.07) is 0. The monoisotopic (exact) mass is 575 g/mol. The maximum atomic E-state index is 5.68. The molecule has 0 unspecified atom stereocenters. The van der Waals surface area contributed by atoms with Gasteiger partial charge in [0.1, 0.15) is 0 Å². The van der Waals surface area contributed by atoms with Gasteiger partial charge >= 0.3 is 0 Å². The lowest BCUT2D eigenvalue weighted by atomic mass is 10.0. The van der Waals surface area contributed by atoms with Crippen molar-refractivity contribution in [3.05, 3.63) is 0 Å². The van der Waals surface area contributed by atoms with Crippen molar-refractivity contribution < 1.29 is 28.4 Å². The fourth-order valence-electron chi connectivity index (χ4n) is 4.58. The molecule has 0 aliphatic carbocycles. The van der Waals surface area contributed by atoms with Gasteiger partial charge in [-0.2, -0.15) is 0 Å². The Labute approximate surface area is 249 Å². The van der Waals surface area contributed by atoms with Gasteiger partial charge in [-0.25, -0.2) is 0 Å². The zero-order chi connectivity index (χ0) is 28.9. The van der Waals surface area contributed by atoms with Crippen LogP contribution in [0.25, 0.3) is 0 Å². The van der Waals surface area contributed by atoms with Gasteiger partial charge in [-0.15, -0.1) is 0 Å². The van der Waals surface area contributed by atoms with E-state index >= 15 is 0 Å². The fraction of sp³-hybridized carbons (Fsp3) is 1.00. The Kier molecular flexibility index (Phi) is 38.5. The first-order valence-corrected chi connectivity index (χ1v) is 17.4. The molecule has 0 radical (unpaired) electrons. The van der Waals surface area contributed by atoms with Gasteiger partial charge in [0.15, 0.2) is 0 Å². The van der Waals surface area contributed by atoms with Gasteiger partial charge in [-0.3, -0.25) is 0 Å². The maximum absolute atomic E-state index is 5.68. The van der Waals surface area contributed by atoms with Crippen LogP contribution in [0.1, 0.15) is 142 Å². The lowest BCUT2D eigenvalue weighted by Gasteiger charge is -2.08. The van der Waals surface area contributed by atoms with Crippen LogP contribution in [0.4, 0.5) is 0 Å². The molecule has 6 heteroatoms. The molecule has 0 bridgehead atoms. The van der Waals surface area contributed by atoms with Crippen LogP contribution in [0.15, 0.2) is 0 Å². The number of hydrogen-bond acceptors (Lipinski definition) is 6. The second-order valence-corrected chi connectivity index (χ2v) is 11.0. The smallest absolute Gasteiger partial charge is 0.0701 e.